The van der Waals surface area contributed by atoms with Crippen LogP contribution in [0.4, 0.5) is 13.2 Å². The molecule has 182 valence electrons. The molecule has 0 radical (unpaired) electrons. The molecule has 1 saturated heterocycles. The quantitative estimate of drug-likeness (QED) is 0.528. The van der Waals surface area contributed by atoms with Gasteiger partial charge in [-0.25, -0.2) is 13.1 Å². The molecule has 1 aliphatic heterocycles. The zero-order chi connectivity index (χ0) is 24.3. The average Bonchev–Trinajstić information content (AvgIpc) is 3.26. The van der Waals surface area contributed by atoms with E-state index in [-0.39, 0.29) is 16.6 Å². The van der Waals surface area contributed by atoms with E-state index in [1.807, 2.05) is 6.92 Å². The number of hydrogen-bond acceptors (Lipinski definition) is 6. The lowest BCUT2D eigenvalue weighted by Gasteiger charge is -2.31. The summed E-state index contributed by atoms with van der Waals surface area (Å²) in [6, 6.07) is 11.3. The van der Waals surface area contributed by atoms with Gasteiger partial charge in [-0.2, -0.15) is 18.2 Å². The van der Waals surface area contributed by atoms with Crippen molar-refractivity contribution in [2.24, 2.45) is 5.92 Å². The monoisotopic (exact) mass is 494 g/mol. The van der Waals surface area contributed by atoms with Crippen LogP contribution in [-0.4, -0.2) is 43.1 Å². The highest BCUT2D eigenvalue weighted by Crippen LogP contribution is 2.30. The number of sulfonamides is 1. The number of piperidine rings is 1. The van der Waals surface area contributed by atoms with Gasteiger partial charge in [-0.15, -0.1) is 0 Å². The molecule has 34 heavy (non-hydrogen) atoms. The Balaban J connectivity index is 1.33. The first-order chi connectivity index (χ1) is 16.1. The van der Waals surface area contributed by atoms with Crippen molar-refractivity contribution in [2.75, 3.05) is 19.6 Å². The van der Waals surface area contributed by atoms with E-state index < -0.39 is 21.8 Å². The summed E-state index contributed by atoms with van der Waals surface area (Å²) in [4.78, 5) is 6.66. The molecule has 2 heterocycles. The Hall–Kier alpha value is -2.76. The van der Waals surface area contributed by atoms with Gasteiger partial charge in [0, 0.05) is 18.7 Å². The maximum atomic E-state index is 12.7. The Labute approximate surface area is 196 Å². The molecule has 7 nitrogen and oxygen atoms in total. The van der Waals surface area contributed by atoms with Crippen LogP contribution in [0.2, 0.25) is 0 Å². The lowest BCUT2D eigenvalue weighted by molar-refractivity contribution is -0.137. The van der Waals surface area contributed by atoms with Crippen molar-refractivity contribution < 1.29 is 26.1 Å². The predicted molar refractivity (Wildman–Crippen MR) is 119 cm³/mol. The zero-order valence-corrected chi connectivity index (χ0v) is 19.4. The summed E-state index contributed by atoms with van der Waals surface area (Å²) in [6.45, 7) is 4.08. The molecule has 1 aliphatic rings. The molecule has 0 saturated carbocycles. The van der Waals surface area contributed by atoms with E-state index in [0.717, 1.165) is 37.1 Å². The molecular formula is C23H25F3N4O3S. The molecule has 0 bridgehead atoms. The molecule has 11 heteroatoms. The molecule has 1 N–H and O–H groups in total. The first-order valence-electron chi connectivity index (χ1n) is 10.9. The second-order valence-corrected chi connectivity index (χ2v) is 10.3. The maximum absolute atomic E-state index is 12.7. The van der Waals surface area contributed by atoms with Crippen LogP contribution in [0.25, 0.3) is 11.4 Å². The Morgan fingerprint density at radius 2 is 1.82 bits per heavy atom. The number of hydrogen-bond donors (Lipinski definition) is 1. The molecule has 1 unspecified atom stereocenters. The summed E-state index contributed by atoms with van der Waals surface area (Å²) in [6.07, 6.45) is -2.61. The van der Waals surface area contributed by atoms with Crippen molar-refractivity contribution in [2.45, 2.75) is 37.4 Å². The van der Waals surface area contributed by atoms with Crippen LogP contribution >= 0.6 is 0 Å². The number of nitrogens with one attached hydrogen (secondary N) is 1. The molecule has 1 fully saturated rings. The van der Waals surface area contributed by atoms with Crippen LogP contribution in [0.5, 0.6) is 0 Å². The molecule has 0 spiro atoms. The van der Waals surface area contributed by atoms with Crippen molar-refractivity contribution >= 4 is 10.0 Å². The fourth-order valence-corrected chi connectivity index (χ4v) is 5.04. The largest absolute Gasteiger partial charge is 0.416 e. The molecule has 0 amide bonds. The van der Waals surface area contributed by atoms with Gasteiger partial charge in [0.2, 0.25) is 21.7 Å². The van der Waals surface area contributed by atoms with Crippen LogP contribution in [-0.2, 0) is 22.7 Å². The van der Waals surface area contributed by atoms with Crippen LogP contribution in [0, 0.1) is 12.8 Å². The Morgan fingerprint density at radius 1 is 1.12 bits per heavy atom. The van der Waals surface area contributed by atoms with Gasteiger partial charge in [0.15, 0.2) is 0 Å². The number of likely N-dealkylation sites (tertiary alicyclic amines) is 1. The van der Waals surface area contributed by atoms with Crippen molar-refractivity contribution in [3.05, 3.63) is 65.5 Å². The fourth-order valence-electron chi connectivity index (χ4n) is 3.93. The summed E-state index contributed by atoms with van der Waals surface area (Å²) >= 11 is 0. The van der Waals surface area contributed by atoms with Gasteiger partial charge in [-0.05, 0) is 56.5 Å². The average molecular weight is 495 g/mol. The predicted octanol–water partition coefficient (Wildman–Crippen LogP) is 4.25. The standard InChI is InChI=1S/C23H25F3N4O3S/c1-16-4-10-20(11-5-16)34(31,32)27-13-17-3-2-12-30(14-17)15-21-28-22(29-33-21)18-6-8-19(9-7-18)23(24,25)26/h4-11,17,27H,2-3,12-15H2,1H3. The third kappa shape index (κ3) is 6.02. The maximum Gasteiger partial charge on any atom is 0.416 e. The SMILES string of the molecule is Cc1ccc(S(=O)(=O)NCC2CCCN(Cc3nc(-c4ccc(C(F)(F)F)cc4)no3)C2)cc1. The van der Waals surface area contributed by atoms with E-state index in [4.69, 9.17) is 4.52 Å². The topological polar surface area (TPSA) is 88.3 Å². The van der Waals surface area contributed by atoms with E-state index in [0.29, 0.717) is 31.1 Å². The number of alkyl halides is 3. The number of aryl methyl sites for hydroxylation is 1. The van der Waals surface area contributed by atoms with Crippen LogP contribution in [0.15, 0.2) is 57.9 Å². The summed E-state index contributed by atoms with van der Waals surface area (Å²) in [5.74, 6) is 0.713. The van der Waals surface area contributed by atoms with E-state index in [1.54, 1.807) is 24.3 Å². The molecule has 1 atom stereocenters. The second kappa shape index (κ2) is 9.85. The smallest absolute Gasteiger partial charge is 0.338 e. The third-order valence-corrected chi connectivity index (χ3v) is 7.23. The van der Waals surface area contributed by atoms with Gasteiger partial charge in [-0.3, -0.25) is 4.90 Å². The number of halogens is 3. The summed E-state index contributed by atoms with van der Waals surface area (Å²) in [5, 5.41) is 3.89. The minimum absolute atomic E-state index is 0.131. The minimum Gasteiger partial charge on any atom is -0.338 e. The van der Waals surface area contributed by atoms with Crippen molar-refractivity contribution in [1.82, 2.24) is 19.8 Å². The van der Waals surface area contributed by atoms with Gasteiger partial charge in [0.1, 0.15) is 0 Å². The van der Waals surface area contributed by atoms with Gasteiger partial charge >= 0.3 is 6.18 Å². The zero-order valence-electron chi connectivity index (χ0n) is 18.5. The summed E-state index contributed by atoms with van der Waals surface area (Å²) < 4.78 is 71.3. The number of nitrogens with zero attached hydrogens (tertiary/aromatic N) is 3. The highest BCUT2D eigenvalue weighted by Gasteiger charge is 2.30. The molecule has 0 aliphatic carbocycles. The molecule has 3 aromatic rings. The molecule has 4 rings (SSSR count). The minimum atomic E-state index is -4.40. The van der Waals surface area contributed by atoms with Gasteiger partial charge in [0.05, 0.1) is 17.0 Å². The van der Waals surface area contributed by atoms with Crippen LogP contribution in [0.1, 0.15) is 29.9 Å². The van der Waals surface area contributed by atoms with Gasteiger partial charge in [-0.1, -0.05) is 35.0 Å². The van der Waals surface area contributed by atoms with E-state index in [9.17, 15) is 21.6 Å². The first-order valence-corrected chi connectivity index (χ1v) is 12.4. The number of aromatic nitrogens is 2. The number of rotatable bonds is 7. The number of benzene rings is 2. The van der Waals surface area contributed by atoms with Gasteiger partial charge < -0.3 is 4.52 Å². The molecule has 1 aromatic heterocycles. The van der Waals surface area contributed by atoms with E-state index in [2.05, 4.69) is 19.8 Å². The Morgan fingerprint density at radius 3 is 2.50 bits per heavy atom. The first kappa shape index (κ1) is 24.4. The highest BCUT2D eigenvalue weighted by atomic mass is 32.2. The molecular weight excluding hydrogens is 469 g/mol. The van der Waals surface area contributed by atoms with E-state index in [1.165, 1.54) is 12.1 Å². The fraction of sp³-hybridized carbons (Fsp3) is 0.391. The second-order valence-electron chi connectivity index (χ2n) is 8.50. The Kier molecular flexibility index (Phi) is 7.06. The van der Waals surface area contributed by atoms with Crippen LogP contribution < -0.4 is 4.72 Å². The van der Waals surface area contributed by atoms with Gasteiger partial charge in [0.25, 0.3) is 0 Å². The van der Waals surface area contributed by atoms with Crippen molar-refractivity contribution in [1.29, 1.82) is 0 Å². The van der Waals surface area contributed by atoms with Crippen molar-refractivity contribution in [3.63, 3.8) is 0 Å². The van der Waals surface area contributed by atoms with Crippen molar-refractivity contribution in [3.8, 4) is 11.4 Å². The molecule has 2 aromatic carbocycles. The van der Waals surface area contributed by atoms with E-state index >= 15 is 0 Å². The normalized spacial score (nSPS) is 17.7. The summed E-state index contributed by atoms with van der Waals surface area (Å²) in [5.41, 5.74) is 0.687. The summed E-state index contributed by atoms with van der Waals surface area (Å²) in [7, 11) is -3.57. The third-order valence-electron chi connectivity index (χ3n) is 5.79. The lowest BCUT2D eigenvalue weighted by Crippen LogP contribution is -2.40. The van der Waals surface area contributed by atoms with Crippen LogP contribution in [0.3, 0.4) is 0 Å². The Bertz CT molecular complexity index is 1210. The highest BCUT2D eigenvalue weighted by molar-refractivity contribution is 7.89. The lowest BCUT2D eigenvalue weighted by atomic mass is 9.98.